The molecule has 0 saturated heterocycles. The third kappa shape index (κ3) is 3.96. The maximum Gasteiger partial charge on any atom is 0.220 e. The standard InChI is InChI=1S/C20H20N2O3S/c23-19(10-5-11-20-22-15-6-1-4-9-18(15)26-20)21-12-14-13-24-16-7-2-3-8-17(16)25-14/h1-4,6-9,14H,5,10-13H2,(H,21,23)/t14-/m0/s1. The Balaban J connectivity index is 1.20. The van der Waals surface area contributed by atoms with Crippen LogP contribution < -0.4 is 14.8 Å². The smallest absolute Gasteiger partial charge is 0.220 e. The van der Waals surface area contributed by atoms with E-state index in [4.69, 9.17) is 9.47 Å². The number of carbonyl (C=O) groups excluding carboxylic acids is 1. The number of nitrogens with zero attached hydrogens (tertiary/aromatic N) is 1. The van der Waals surface area contributed by atoms with E-state index in [1.165, 1.54) is 4.70 Å². The molecule has 0 saturated carbocycles. The predicted octanol–water partition coefficient (Wildman–Crippen LogP) is 3.58. The molecule has 26 heavy (non-hydrogen) atoms. The van der Waals surface area contributed by atoms with Gasteiger partial charge in [-0.05, 0) is 37.1 Å². The molecule has 5 nitrogen and oxygen atoms in total. The van der Waals surface area contributed by atoms with Gasteiger partial charge in [0.15, 0.2) is 11.5 Å². The summed E-state index contributed by atoms with van der Waals surface area (Å²) in [7, 11) is 0. The predicted molar refractivity (Wildman–Crippen MR) is 102 cm³/mol. The van der Waals surface area contributed by atoms with Gasteiger partial charge in [0.2, 0.25) is 5.91 Å². The summed E-state index contributed by atoms with van der Waals surface area (Å²) in [6.07, 6.45) is 1.94. The number of amides is 1. The number of aromatic nitrogens is 1. The van der Waals surface area contributed by atoms with Crippen molar-refractivity contribution in [2.45, 2.75) is 25.4 Å². The topological polar surface area (TPSA) is 60.5 Å². The Morgan fingerprint density at radius 3 is 2.85 bits per heavy atom. The van der Waals surface area contributed by atoms with E-state index < -0.39 is 0 Å². The number of ether oxygens (including phenoxy) is 2. The highest BCUT2D eigenvalue weighted by molar-refractivity contribution is 7.18. The minimum Gasteiger partial charge on any atom is -0.486 e. The highest BCUT2D eigenvalue weighted by atomic mass is 32.1. The first-order valence-corrected chi connectivity index (χ1v) is 9.59. The van der Waals surface area contributed by atoms with Gasteiger partial charge in [-0.25, -0.2) is 4.98 Å². The van der Waals surface area contributed by atoms with Gasteiger partial charge in [0.1, 0.15) is 12.7 Å². The van der Waals surface area contributed by atoms with E-state index >= 15 is 0 Å². The van der Waals surface area contributed by atoms with Crippen molar-refractivity contribution in [3.63, 3.8) is 0 Å². The van der Waals surface area contributed by atoms with Crippen LogP contribution in [-0.4, -0.2) is 30.1 Å². The number of nitrogens with one attached hydrogen (secondary N) is 1. The first-order valence-electron chi connectivity index (χ1n) is 8.77. The molecule has 134 valence electrons. The van der Waals surface area contributed by atoms with Crippen molar-refractivity contribution in [3.8, 4) is 11.5 Å². The number of carbonyl (C=O) groups is 1. The van der Waals surface area contributed by atoms with Gasteiger partial charge < -0.3 is 14.8 Å². The summed E-state index contributed by atoms with van der Waals surface area (Å²) >= 11 is 1.70. The number of fused-ring (bicyclic) bond motifs is 2. The van der Waals surface area contributed by atoms with E-state index in [1.807, 2.05) is 42.5 Å². The lowest BCUT2D eigenvalue weighted by Gasteiger charge is -2.26. The molecule has 0 spiro atoms. The van der Waals surface area contributed by atoms with Crippen molar-refractivity contribution in [3.05, 3.63) is 53.5 Å². The summed E-state index contributed by atoms with van der Waals surface area (Å²) in [5.41, 5.74) is 1.03. The SMILES string of the molecule is O=C(CCCc1nc2ccccc2s1)NC[C@H]1COc2ccccc2O1. The molecule has 0 unspecified atom stereocenters. The van der Waals surface area contributed by atoms with Crippen molar-refractivity contribution in [2.75, 3.05) is 13.2 Å². The fourth-order valence-corrected chi connectivity index (χ4v) is 3.92. The van der Waals surface area contributed by atoms with Gasteiger partial charge >= 0.3 is 0 Å². The van der Waals surface area contributed by atoms with Gasteiger partial charge in [-0.15, -0.1) is 11.3 Å². The minimum atomic E-state index is -0.155. The Hall–Kier alpha value is -2.60. The zero-order valence-electron chi connectivity index (χ0n) is 14.3. The minimum absolute atomic E-state index is 0.0357. The second-order valence-corrected chi connectivity index (χ2v) is 7.35. The summed E-state index contributed by atoms with van der Waals surface area (Å²) in [6.45, 7) is 0.900. The Bertz CT molecular complexity index is 876. The number of benzene rings is 2. The molecule has 0 fully saturated rings. The molecule has 6 heteroatoms. The Morgan fingerprint density at radius 2 is 1.96 bits per heavy atom. The number of thiazole rings is 1. The summed E-state index contributed by atoms with van der Waals surface area (Å²) in [5.74, 6) is 1.52. The molecule has 1 amide bonds. The molecule has 0 radical (unpaired) electrons. The number of para-hydroxylation sites is 3. The Labute approximate surface area is 156 Å². The van der Waals surface area contributed by atoms with E-state index in [-0.39, 0.29) is 12.0 Å². The van der Waals surface area contributed by atoms with Gasteiger partial charge in [0, 0.05) is 6.42 Å². The van der Waals surface area contributed by atoms with Gasteiger partial charge in [-0.2, -0.15) is 0 Å². The van der Waals surface area contributed by atoms with Crippen LogP contribution in [-0.2, 0) is 11.2 Å². The first kappa shape index (κ1) is 16.8. The van der Waals surface area contributed by atoms with Crippen LogP contribution in [0.5, 0.6) is 11.5 Å². The van der Waals surface area contributed by atoms with Crippen LogP contribution >= 0.6 is 11.3 Å². The second-order valence-electron chi connectivity index (χ2n) is 6.23. The van der Waals surface area contributed by atoms with Crippen LogP contribution in [0.4, 0.5) is 0 Å². The number of rotatable bonds is 6. The molecule has 2 heterocycles. The van der Waals surface area contributed by atoms with E-state index in [2.05, 4.69) is 16.4 Å². The molecule has 1 aromatic heterocycles. The monoisotopic (exact) mass is 368 g/mol. The van der Waals surface area contributed by atoms with Crippen molar-refractivity contribution in [2.24, 2.45) is 0 Å². The molecule has 1 N–H and O–H groups in total. The molecule has 2 aromatic carbocycles. The molecule has 1 atom stereocenters. The van der Waals surface area contributed by atoms with E-state index in [9.17, 15) is 4.79 Å². The average molecular weight is 368 g/mol. The fraction of sp³-hybridized carbons (Fsp3) is 0.300. The van der Waals surface area contributed by atoms with Gasteiger partial charge in [0.05, 0.1) is 21.8 Å². The zero-order valence-corrected chi connectivity index (χ0v) is 15.1. The summed E-state index contributed by atoms with van der Waals surface area (Å²) in [4.78, 5) is 16.7. The molecule has 1 aliphatic rings. The Kier molecular flexibility index (Phi) is 5.02. The maximum atomic E-state index is 12.1. The summed E-state index contributed by atoms with van der Waals surface area (Å²) in [5, 5.41) is 4.02. The Morgan fingerprint density at radius 1 is 1.15 bits per heavy atom. The van der Waals surface area contributed by atoms with Crippen LogP contribution in [0.3, 0.4) is 0 Å². The molecular weight excluding hydrogens is 348 g/mol. The second kappa shape index (κ2) is 7.74. The molecule has 0 bridgehead atoms. The van der Waals surface area contributed by atoms with E-state index in [0.29, 0.717) is 19.6 Å². The summed E-state index contributed by atoms with van der Waals surface area (Å²) < 4.78 is 12.7. The molecule has 3 aromatic rings. The highest BCUT2D eigenvalue weighted by Gasteiger charge is 2.20. The lowest BCUT2D eigenvalue weighted by molar-refractivity contribution is -0.121. The molecular formula is C20H20N2O3S. The molecule has 4 rings (SSSR count). The van der Waals surface area contributed by atoms with Crippen LogP contribution in [0.1, 0.15) is 17.8 Å². The fourth-order valence-electron chi connectivity index (χ4n) is 2.91. The molecule has 1 aliphatic heterocycles. The lowest BCUT2D eigenvalue weighted by Crippen LogP contribution is -2.40. The first-order chi connectivity index (χ1) is 12.8. The lowest BCUT2D eigenvalue weighted by atomic mass is 10.2. The quantitative estimate of drug-likeness (QED) is 0.722. The number of hydrogen-bond donors (Lipinski definition) is 1. The van der Waals surface area contributed by atoms with Crippen LogP contribution in [0.2, 0.25) is 0 Å². The van der Waals surface area contributed by atoms with Crippen molar-refractivity contribution in [1.82, 2.24) is 10.3 Å². The third-order valence-corrected chi connectivity index (χ3v) is 5.32. The third-order valence-electron chi connectivity index (χ3n) is 4.23. The van der Waals surface area contributed by atoms with E-state index in [0.717, 1.165) is 34.9 Å². The number of aryl methyl sites for hydroxylation is 1. The van der Waals surface area contributed by atoms with Crippen molar-refractivity contribution in [1.29, 1.82) is 0 Å². The van der Waals surface area contributed by atoms with Gasteiger partial charge in [0.25, 0.3) is 0 Å². The van der Waals surface area contributed by atoms with Crippen LogP contribution in [0, 0.1) is 0 Å². The van der Waals surface area contributed by atoms with Gasteiger partial charge in [-0.1, -0.05) is 24.3 Å². The van der Waals surface area contributed by atoms with Crippen molar-refractivity contribution >= 4 is 27.5 Å². The zero-order chi connectivity index (χ0) is 17.8. The van der Waals surface area contributed by atoms with Gasteiger partial charge in [-0.3, -0.25) is 4.79 Å². The largest absolute Gasteiger partial charge is 0.486 e. The number of hydrogen-bond acceptors (Lipinski definition) is 5. The van der Waals surface area contributed by atoms with Crippen LogP contribution in [0.25, 0.3) is 10.2 Å². The average Bonchev–Trinajstić information content (AvgIpc) is 3.09. The van der Waals surface area contributed by atoms with E-state index in [1.54, 1.807) is 11.3 Å². The van der Waals surface area contributed by atoms with Crippen LogP contribution in [0.15, 0.2) is 48.5 Å². The highest BCUT2D eigenvalue weighted by Crippen LogP contribution is 2.30. The van der Waals surface area contributed by atoms with Crippen molar-refractivity contribution < 1.29 is 14.3 Å². The maximum absolute atomic E-state index is 12.1. The molecule has 0 aliphatic carbocycles. The normalized spacial score (nSPS) is 15.8. The summed E-state index contributed by atoms with van der Waals surface area (Å²) in [6, 6.07) is 15.7.